The standard InChI is InChI=1S/C15H20N6O/c1-10(15(22)17-9-13(16)11-7-8-11)21-19-14(18-20-21)12-5-3-2-4-6-12/h2-6,10-11,13H,7-9,16H2,1H3,(H,17,22). The molecular formula is C15H20N6O. The van der Waals surface area contributed by atoms with Crippen LogP contribution in [-0.2, 0) is 4.79 Å². The summed E-state index contributed by atoms with van der Waals surface area (Å²) in [5.74, 6) is 0.924. The zero-order valence-electron chi connectivity index (χ0n) is 12.5. The maximum Gasteiger partial charge on any atom is 0.246 e. The van der Waals surface area contributed by atoms with E-state index < -0.39 is 6.04 Å². The molecule has 1 saturated carbocycles. The highest BCUT2D eigenvalue weighted by atomic mass is 16.2. The maximum atomic E-state index is 12.1. The van der Waals surface area contributed by atoms with E-state index in [4.69, 9.17) is 5.73 Å². The van der Waals surface area contributed by atoms with Gasteiger partial charge in [-0.15, -0.1) is 10.2 Å². The van der Waals surface area contributed by atoms with Crippen molar-refractivity contribution in [1.29, 1.82) is 0 Å². The summed E-state index contributed by atoms with van der Waals surface area (Å²) in [6.07, 6.45) is 2.33. The number of nitrogens with one attached hydrogen (secondary N) is 1. The zero-order valence-corrected chi connectivity index (χ0v) is 12.5. The fraction of sp³-hybridized carbons (Fsp3) is 0.467. The molecule has 7 heteroatoms. The molecule has 3 N–H and O–H groups in total. The first-order valence-corrected chi connectivity index (χ1v) is 7.53. The molecule has 0 radical (unpaired) electrons. The minimum Gasteiger partial charge on any atom is -0.353 e. The van der Waals surface area contributed by atoms with E-state index in [1.165, 1.54) is 4.80 Å². The van der Waals surface area contributed by atoms with Gasteiger partial charge in [-0.05, 0) is 30.9 Å². The Labute approximate surface area is 128 Å². The van der Waals surface area contributed by atoms with Crippen molar-refractivity contribution in [3.05, 3.63) is 30.3 Å². The van der Waals surface area contributed by atoms with Gasteiger partial charge >= 0.3 is 0 Å². The summed E-state index contributed by atoms with van der Waals surface area (Å²) in [6.45, 7) is 2.24. The number of aromatic nitrogens is 4. The van der Waals surface area contributed by atoms with Gasteiger partial charge in [0, 0.05) is 18.2 Å². The molecule has 0 aliphatic heterocycles. The van der Waals surface area contributed by atoms with E-state index in [1.54, 1.807) is 6.92 Å². The first-order chi connectivity index (χ1) is 10.6. The van der Waals surface area contributed by atoms with Crippen LogP contribution in [0.1, 0.15) is 25.8 Å². The van der Waals surface area contributed by atoms with E-state index in [-0.39, 0.29) is 11.9 Å². The highest BCUT2D eigenvalue weighted by molar-refractivity contribution is 5.79. The summed E-state index contributed by atoms with van der Waals surface area (Å²) in [5, 5.41) is 15.1. The fourth-order valence-corrected chi connectivity index (χ4v) is 2.25. The molecular weight excluding hydrogens is 280 g/mol. The van der Waals surface area contributed by atoms with Crippen molar-refractivity contribution in [1.82, 2.24) is 25.5 Å². The van der Waals surface area contributed by atoms with Gasteiger partial charge in [0.2, 0.25) is 11.7 Å². The Morgan fingerprint density at radius 3 is 2.82 bits per heavy atom. The van der Waals surface area contributed by atoms with Crippen LogP contribution in [0, 0.1) is 5.92 Å². The largest absolute Gasteiger partial charge is 0.353 e. The quantitative estimate of drug-likeness (QED) is 0.820. The monoisotopic (exact) mass is 300 g/mol. The second kappa shape index (κ2) is 6.23. The summed E-state index contributed by atoms with van der Waals surface area (Å²) >= 11 is 0. The number of tetrazole rings is 1. The fourth-order valence-electron chi connectivity index (χ4n) is 2.25. The number of hydrogen-bond donors (Lipinski definition) is 2. The van der Waals surface area contributed by atoms with E-state index in [0.29, 0.717) is 18.3 Å². The van der Waals surface area contributed by atoms with Gasteiger partial charge in [0.25, 0.3) is 0 Å². The molecule has 1 amide bonds. The third-order valence-electron chi connectivity index (χ3n) is 3.93. The summed E-state index contributed by atoms with van der Waals surface area (Å²) in [5.41, 5.74) is 6.85. The van der Waals surface area contributed by atoms with Crippen molar-refractivity contribution >= 4 is 5.91 Å². The molecule has 1 fully saturated rings. The third kappa shape index (κ3) is 3.30. The Hall–Kier alpha value is -2.28. The Morgan fingerprint density at radius 2 is 2.14 bits per heavy atom. The third-order valence-corrected chi connectivity index (χ3v) is 3.93. The highest BCUT2D eigenvalue weighted by Gasteiger charge is 2.29. The second-order valence-electron chi connectivity index (χ2n) is 5.72. The van der Waals surface area contributed by atoms with Crippen LogP contribution in [0.4, 0.5) is 0 Å². The van der Waals surface area contributed by atoms with Crippen molar-refractivity contribution in [2.45, 2.75) is 31.8 Å². The van der Waals surface area contributed by atoms with E-state index in [2.05, 4.69) is 20.7 Å². The minimum atomic E-state index is -0.517. The smallest absolute Gasteiger partial charge is 0.246 e. The minimum absolute atomic E-state index is 0.0414. The predicted octanol–water partition coefficient (Wildman–Crippen LogP) is 0.755. The molecule has 3 rings (SSSR count). The molecule has 0 spiro atoms. The van der Waals surface area contributed by atoms with E-state index in [0.717, 1.165) is 18.4 Å². The average Bonchev–Trinajstić information content (AvgIpc) is 3.29. The van der Waals surface area contributed by atoms with E-state index in [9.17, 15) is 4.79 Å². The van der Waals surface area contributed by atoms with Gasteiger partial charge in [-0.1, -0.05) is 30.3 Å². The molecule has 2 aromatic rings. The van der Waals surface area contributed by atoms with Crippen LogP contribution in [0.2, 0.25) is 0 Å². The summed E-state index contributed by atoms with van der Waals surface area (Å²) in [6, 6.07) is 9.07. The van der Waals surface area contributed by atoms with Gasteiger partial charge < -0.3 is 11.1 Å². The summed E-state index contributed by atoms with van der Waals surface area (Å²) < 4.78 is 0. The molecule has 1 aliphatic carbocycles. The Bertz CT molecular complexity index is 636. The van der Waals surface area contributed by atoms with Gasteiger partial charge in [-0.25, -0.2) is 0 Å². The number of benzene rings is 1. The van der Waals surface area contributed by atoms with Gasteiger partial charge in [0.15, 0.2) is 0 Å². The molecule has 1 heterocycles. The number of rotatable bonds is 6. The Balaban J connectivity index is 1.60. The second-order valence-corrected chi connectivity index (χ2v) is 5.72. The molecule has 2 unspecified atom stereocenters. The first-order valence-electron chi connectivity index (χ1n) is 7.53. The normalized spacial score (nSPS) is 17.0. The summed E-state index contributed by atoms with van der Waals surface area (Å²) in [4.78, 5) is 13.5. The number of carbonyl (C=O) groups is 1. The van der Waals surface area contributed by atoms with Crippen LogP contribution in [0.3, 0.4) is 0 Å². The molecule has 0 saturated heterocycles. The molecule has 0 bridgehead atoms. The lowest BCUT2D eigenvalue weighted by Gasteiger charge is -2.14. The molecule has 116 valence electrons. The highest BCUT2D eigenvalue weighted by Crippen LogP contribution is 2.31. The lowest BCUT2D eigenvalue weighted by Crippen LogP contribution is -2.41. The van der Waals surface area contributed by atoms with E-state index >= 15 is 0 Å². The van der Waals surface area contributed by atoms with Crippen LogP contribution in [0.15, 0.2) is 30.3 Å². The van der Waals surface area contributed by atoms with Crippen LogP contribution in [-0.4, -0.2) is 38.7 Å². The zero-order chi connectivity index (χ0) is 15.5. The lowest BCUT2D eigenvalue weighted by molar-refractivity contribution is -0.124. The molecule has 7 nitrogen and oxygen atoms in total. The van der Waals surface area contributed by atoms with Gasteiger partial charge in [-0.2, -0.15) is 4.80 Å². The SMILES string of the molecule is CC(C(=O)NCC(N)C1CC1)n1nnc(-c2ccccc2)n1. The van der Waals surface area contributed by atoms with Gasteiger partial charge in [0.05, 0.1) is 0 Å². The number of nitrogens with zero attached hydrogens (tertiary/aromatic N) is 4. The van der Waals surface area contributed by atoms with Crippen molar-refractivity contribution in [3.63, 3.8) is 0 Å². The Kier molecular flexibility index (Phi) is 4.15. The van der Waals surface area contributed by atoms with Crippen LogP contribution in [0.5, 0.6) is 0 Å². The number of hydrogen-bond acceptors (Lipinski definition) is 5. The topological polar surface area (TPSA) is 98.7 Å². The molecule has 1 aromatic carbocycles. The van der Waals surface area contributed by atoms with Crippen molar-refractivity contribution in [2.24, 2.45) is 11.7 Å². The summed E-state index contributed by atoms with van der Waals surface area (Å²) in [7, 11) is 0. The van der Waals surface area contributed by atoms with Crippen molar-refractivity contribution < 1.29 is 4.79 Å². The van der Waals surface area contributed by atoms with Crippen LogP contribution >= 0.6 is 0 Å². The molecule has 2 atom stereocenters. The van der Waals surface area contributed by atoms with Crippen molar-refractivity contribution in [3.8, 4) is 11.4 Å². The lowest BCUT2D eigenvalue weighted by atomic mass is 10.2. The predicted molar refractivity (Wildman–Crippen MR) is 81.7 cm³/mol. The molecule has 1 aliphatic rings. The molecule has 22 heavy (non-hydrogen) atoms. The molecule has 1 aromatic heterocycles. The van der Waals surface area contributed by atoms with Gasteiger partial charge in [0.1, 0.15) is 6.04 Å². The van der Waals surface area contributed by atoms with Crippen molar-refractivity contribution in [2.75, 3.05) is 6.54 Å². The number of amides is 1. The number of nitrogens with two attached hydrogens (primary N) is 1. The van der Waals surface area contributed by atoms with Gasteiger partial charge in [-0.3, -0.25) is 4.79 Å². The van der Waals surface area contributed by atoms with E-state index in [1.807, 2.05) is 30.3 Å². The van der Waals surface area contributed by atoms with Crippen LogP contribution in [0.25, 0.3) is 11.4 Å². The first kappa shape index (κ1) is 14.6. The maximum absolute atomic E-state index is 12.1. The average molecular weight is 300 g/mol. The number of carbonyl (C=O) groups excluding carboxylic acids is 1. The Morgan fingerprint density at radius 1 is 1.41 bits per heavy atom. The van der Waals surface area contributed by atoms with Crippen LogP contribution < -0.4 is 11.1 Å².